The van der Waals surface area contributed by atoms with Gasteiger partial charge in [-0.2, -0.15) is 0 Å². The summed E-state index contributed by atoms with van der Waals surface area (Å²) in [5.41, 5.74) is 0.803. The third kappa shape index (κ3) is 14.1. The predicted octanol–water partition coefficient (Wildman–Crippen LogP) is 4.01. The number of hydrogen-bond acceptors (Lipinski definition) is 9. The number of aliphatic carboxylic acids is 1. The van der Waals surface area contributed by atoms with Crippen molar-refractivity contribution < 1.29 is 33.8 Å². The molecule has 3 rings (SSSR count). The maximum absolute atomic E-state index is 12.3. The van der Waals surface area contributed by atoms with Crippen LogP contribution in [0.2, 0.25) is 0 Å². The lowest BCUT2D eigenvalue weighted by Gasteiger charge is -2.38. The highest BCUT2D eigenvalue weighted by atomic mass is 16.5. The van der Waals surface area contributed by atoms with Crippen LogP contribution in [0.5, 0.6) is 0 Å². The Labute approximate surface area is 245 Å². The van der Waals surface area contributed by atoms with E-state index >= 15 is 0 Å². The number of Topliss-reactive ketones (excluding diaryl/α,β-unsaturated/α-hetero) is 1. The first-order chi connectivity index (χ1) is 19.1. The van der Waals surface area contributed by atoms with Crippen molar-refractivity contribution in [2.24, 2.45) is 11.8 Å². The van der Waals surface area contributed by atoms with E-state index in [4.69, 9.17) is 14.6 Å². The number of ketones is 1. The maximum atomic E-state index is 12.3. The van der Waals surface area contributed by atoms with Crippen molar-refractivity contribution in [3.63, 3.8) is 0 Å². The van der Waals surface area contributed by atoms with Crippen LogP contribution in [0.1, 0.15) is 79.3 Å². The molecule has 0 aromatic carbocycles. The van der Waals surface area contributed by atoms with E-state index in [0.29, 0.717) is 38.0 Å². The molecule has 2 aliphatic heterocycles. The van der Waals surface area contributed by atoms with Gasteiger partial charge < -0.3 is 14.6 Å². The van der Waals surface area contributed by atoms with Crippen molar-refractivity contribution in [2.45, 2.75) is 92.2 Å². The van der Waals surface area contributed by atoms with Gasteiger partial charge in [0.15, 0.2) is 5.78 Å². The van der Waals surface area contributed by atoms with Gasteiger partial charge in [-0.25, -0.2) is 0 Å². The zero-order valence-electron chi connectivity index (χ0n) is 24.5. The molecule has 1 aromatic heterocycles. The molecule has 2 aliphatic rings. The summed E-state index contributed by atoms with van der Waals surface area (Å²) in [6.07, 6.45) is 8.32. The van der Waals surface area contributed by atoms with Crippen molar-refractivity contribution in [3.05, 3.63) is 30.1 Å². The van der Waals surface area contributed by atoms with Crippen LogP contribution in [0.4, 0.5) is 0 Å². The minimum Gasteiger partial charge on any atom is -0.480 e. The highest BCUT2D eigenvalue weighted by Gasteiger charge is 2.30. The molecule has 232 valence electrons. The number of carboxylic acid groups (broad SMARTS) is 1. The Balaban J connectivity index is 0.000000419. The summed E-state index contributed by atoms with van der Waals surface area (Å²) in [6, 6.07) is 5.81. The Morgan fingerprint density at radius 1 is 0.878 bits per heavy atom. The normalized spacial score (nSPS) is 22.8. The van der Waals surface area contributed by atoms with Gasteiger partial charge in [-0.05, 0) is 62.7 Å². The number of rotatable bonds is 12. The molecule has 2 fully saturated rings. The van der Waals surface area contributed by atoms with E-state index in [1.54, 1.807) is 6.20 Å². The van der Waals surface area contributed by atoms with Gasteiger partial charge in [0, 0.05) is 37.8 Å². The first-order valence-corrected chi connectivity index (χ1v) is 14.5. The van der Waals surface area contributed by atoms with Gasteiger partial charge in [0.2, 0.25) is 0 Å². The third-order valence-corrected chi connectivity index (χ3v) is 7.83. The molecule has 0 spiro atoms. The second-order valence-electron chi connectivity index (χ2n) is 10.9. The third-order valence-electron chi connectivity index (χ3n) is 7.83. The molecule has 1 aromatic rings. The van der Waals surface area contributed by atoms with Gasteiger partial charge in [-0.3, -0.25) is 34.0 Å². The maximum Gasteiger partial charge on any atom is 0.317 e. The van der Waals surface area contributed by atoms with Crippen LogP contribution in [0.3, 0.4) is 0 Å². The number of carboxylic acids is 1. The van der Waals surface area contributed by atoms with E-state index in [1.807, 2.05) is 23.1 Å². The highest BCUT2D eigenvalue weighted by Crippen LogP contribution is 2.26. The Morgan fingerprint density at radius 2 is 1.39 bits per heavy atom. The van der Waals surface area contributed by atoms with Gasteiger partial charge in [0.25, 0.3) is 0 Å². The highest BCUT2D eigenvalue weighted by molar-refractivity contribution is 5.82. The smallest absolute Gasteiger partial charge is 0.317 e. The van der Waals surface area contributed by atoms with Crippen LogP contribution >= 0.6 is 0 Å². The summed E-state index contributed by atoms with van der Waals surface area (Å²) in [5, 5.41) is 8.83. The van der Waals surface area contributed by atoms with Gasteiger partial charge >= 0.3 is 17.9 Å². The quantitative estimate of drug-likeness (QED) is 0.364. The van der Waals surface area contributed by atoms with Gasteiger partial charge in [0.05, 0.1) is 19.5 Å². The standard InChI is InChI=1S/C18H26N2O3.C12H21NO4.CH4/c1-3-15-7-9-20(17(10-15)13-23-14(2)21)12-18(22)11-16-6-4-5-8-19-16;1-3-10-4-5-13(7-12(15)16)11(6-10)8-17-9(2)14;/h4-6,8,15,17H,3,7,9-13H2,1-2H3;10-11H,3-8H2,1-2H3,(H,15,16);1H4. The molecule has 10 nitrogen and oxygen atoms in total. The fraction of sp³-hybridized carbons (Fsp3) is 0.710. The zero-order valence-corrected chi connectivity index (χ0v) is 24.5. The molecule has 1 N–H and O–H groups in total. The fourth-order valence-electron chi connectivity index (χ4n) is 5.46. The summed E-state index contributed by atoms with van der Waals surface area (Å²) >= 11 is 0. The fourth-order valence-corrected chi connectivity index (χ4v) is 5.46. The second kappa shape index (κ2) is 19.3. The minimum atomic E-state index is -0.826. The first kappa shape index (κ1) is 36.2. The largest absolute Gasteiger partial charge is 0.480 e. The van der Waals surface area contributed by atoms with Crippen molar-refractivity contribution in [1.29, 1.82) is 0 Å². The topological polar surface area (TPSA) is 126 Å². The molecule has 0 bridgehead atoms. The molecule has 4 atom stereocenters. The van der Waals surface area contributed by atoms with Crippen LogP contribution < -0.4 is 0 Å². The number of ether oxygens (including phenoxy) is 2. The van der Waals surface area contributed by atoms with E-state index in [9.17, 15) is 19.2 Å². The molecule has 2 saturated heterocycles. The molecule has 41 heavy (non-hydrogen) atoms. The number of pyridine rings is 1. The number of likely N-dealkylation sites (tertiary alicyclic amines) is 2. The molecule has 0 amide bonds. The lowest BCUT2D eigenvalue weighted by molar-refractivity contribution is -0.145. The number of esters is 2. The zero-order chi connectivity index (χ0) is 29.5. The van der Waals surface area contributed by atoms with Crippen LogP contribution in [0.15, 0.2) is 24.4 Å². The van der Waals surface area contributed by atoms with E-state index in [1.165, 1.54) is 13.8 Å². The first-order valence-electron chi connectivity index (χ1n) is 14.5. The molecular weight excluding hydrogens is 526 g/mol. The average Bonchev–Trinajstić information content (AvgIpc) is 2.92. The van der Waals surface area contributed by atoms with E-state index in [-0.39, 0.29) is 43.8 Å². The Hall–Kier alpha value is -2.85. The number of carbonyl (C=O) groups excluding carboxylic acids is 3. The lowest BCUT2D eigenvalue weighted by atomic mass is 9.89. The number of nitrogens with zero attached hydrogens (tertiary/aromatic N) is 3. The summed E-state index contributed by atoms with van der Waals surface area (Å²) < 4.78 is 10.2. The predicted molar refractivity (Wildman–Crippen MR) is 157 cm³/mol. The van der Waals surface area contributed by atoms with Crippen molar-refractivity contribution in [2.75, 3.05) is 39.4 Å². The average molecular weight is 578 g/mol. The number of hydrogen-bond donors (Lipinski definition) is 1. The van der Waals surface area contributed by atoms with Crippen LogP contribution in [0, 0.1) is 11.8 Å². The lowest BCUT2D eigenvalue weighted by Crippen LogP contribution is -2.47. The molecular formula is C31H51N3O7. The van der Waals surface area contributed by atoms with Gasteiger partial charge in [0.1, 0.15) is 13.2 Å². The Kier molecular flexibility index (Phi) is 17.0. The Bertz CT molecular complexity index is 943. The van der Waals surface area contributed by atoms with E-state index < -0.39 is 5.97 Å². The van der Waals surface area contributed by atoms with Crippen molar-refractivity contribution >= 4 is 23.7 Å². The number of carbonyl (C=O) groups is 4. The van der Waals surface area contributed by atoms with Crippen LogP contribution in [-0.4, -0.2) is 95.1 Å². The molecule has 4 unspecified atom stereocenters. The second-order valence-corrected chi connectivity index (χ2v) is 10.9. The summed E-state index contributed by atoms with van der Waals surface area (Å²) in [4.78, 5) is 53.3. The number of aromatic nitrogens is 1. The summed E-state index contributed by atoms with van der Waals surface area (Å²) in [7, 11) is 0. The molecule has 0 aliphatic carbocycles. The van der Waals surface area contributed by atoms with Gasteiger partial charge in [-0.1, -0.05) is 40.2 Å². The monoisotopic (exact) mass is 577 g/mol. The molecule has 0 radical (unpaired) electrons. The van der Waals surface area contributed by atoms with Crippen LogP contribution in [-0.2, 0) is 35.1 Å². The van der Waals surface area contributed by atoms with E-state index in [0.717, 1.165) is 57.3 Å². The number of piperidine rings is 2. The summed E-state index contributed by atoms with van der Waals surface area (Å²) in [6.45, 7) is 9.91. The molecule has 3 heterocycles. The minimum absolute atomic E-state index is 0. The van der Waals surface area contributed by atoms with Crippen molar-refractivity contribution in [1.82, 2.24) is 14.8 Å². The summed E-state index contributed by atoms with van der Waals surface area (Å²) in [5.74, 6) is 0.0276. The van der Waals surface area contributed by atoms with E-state index in [2.05, 4.69) is 23.7 Å². The van der Waals surface area contributed by atoms with Crippen LogP contribution in [0.25, 0.3) is 0 Å². The SMILES string of the molecule is C.CCC1CCN(CC(=O)Cc2ccccn2)C(COC(C)=O)C1.CCC1CCN(CC(=O)O)C(COC(C)=O)C1. The van der Waals surface area contributed by atoms with Crippen molar-refractivity contribution in [3.8, 4) is 0 Å². The molecule has 10 heteroatoms. The Morgan fingerprint density at radius 3 is 1.80 bits per heavy atom. The van der Waals surface area contributed by atoms with Gasteiger partial charge in [-0.15, -0.1) is 0 Å². The molecule has 0 saturated carbocycles.